The fourth-order valence-electron chi connectivity index (χ4n) is 0.769. The lowest BCUT2D eigenvalue weighted by Gasteiger charge is -2.18. The smallest absolute Gasteiger partial charge is 0.134 e. The van der Waals surface area contributed by atoms with Crippen molar-refractivity contribution in [1.29, 1.82) is 0 Å². The van der Waals surface area contributed by atoms with Gasteiger partial charge in [-0.05, 0) is 42.8 Å². The molecule has 0 spiro atoms. The minimum absolute atomic E-state index is 0.181. The second kappa shape index (κ2) is 4.26. The van der Waals surface area contributed by atoms with Crippen LogP contribution in [0, 0.1) is 0 Å². The Bertz CT molecular complexity index is 265. The van der Waals surface area contributed by atoms with Crippen molar-refractivity contribution in [1.82, 2.24) is 5.48 Å². The van der Waals surface area contributed by atoms with Crippen LogP contribution in [-0.4, -0.2) is 5.60 Å². The standard InChI is InChI=1S/C9H14BrNO2/c1-9(2,3)13-11-6-8-7(10)4-5-12-8/h4-5,11H,6H2,1-3H3. The number of furan rings is 1. The zero-order chi connectivity index (χ0) is 9.90. The Labute approximate surface area is 86.5 Å². The molecule has 0 fully saturated rings. The first-order valence-electron chi connectivity index (χ1n) is 4.12. The predicted octanol–water partition coefficient (Wildman–Crippen LogP) is 2.86. The summed E-state index contributed by atoms with van der Waals surface area (Å²) in [5.74, 6) is 0.837. The number of hydrogen-bond acceptors (Lipinski definition) is 3. The Hall–Kier alpha value is -0.320. The molecule has 3 nitrogen and oxygen atoms in total. The molecule has 0 bridgehead atoms. The Morgan fingerprint density at radius 3 is 2.69 bits per heavy atom. The Morgan fingerprint density at radius 2 is 2.23 bits per heavy atom. The fourth-order valence-corrected chi connectivity index (χ4v) is 1.11. The SMILES string of the molecule is CC(C)(C)ONCc1occc1Br. The van der Waals surface area contributed by atoms with Crippen molar-refractivity contribution in [2.24, 2.45) is 0 Å². The summed E-state index contributed by atoms with van der Waals surface area (Å²) in [5, 5.41) is 0. The van der Waals surface area contributed by atoms with Crippen molar-refractivity contribution in [3.05, 3.63) is 22.6 Å². The zero-order valence-corrected chi connectivity index (χ0v) is 9.64. The van der Waals surface area contributed by atoms with Crippen LogP contribution in [0.1, 0.15) is 26.5 Å². The van der Waals surface area contributed by atoms with E-state index in [0.717, 1.165) is 10.2 Å². The molecule has 1 N–H and O–H groups in total. The summed E-state index contributed by atoms with van der Waals surface area (Å²) in [4.78, 5) is 5.33. The van der Waals surface area contributed by atoms with Crippen LogP contribution in [0.5, 0.6) is 0 Å². The molecule has 0 saturated heterocycles. The third kappa shape index (κ3) is 3.93. The molecule has 1 heterocycles. The highest BCUT2D eigenvalue weighted by molar-refractivity contribution is 9.10. The molecule has 1 aromatic heterocycles. The van der Waals surface area contributed by atoms with E-state index in [1.165, 1.54) is 0 Å². The lowest BCUT2D eigenvalue weighted by Crippen LogP contribution is -2.28. The molecule has 0 atom stereocenters. The van der Waals surface area contributed by atoms with Gasteiger partial charge in [-0.1, -0.05) is 0 Å². The van der Waals surface area contributed by atoms with E-state index in [9.17, 15) is 0 Å². The predicted molar refractivity (Wildman–Crippen MR) is 54.1 cm³/mol. The molecule has 13 heavy (non-hydrogen) atoms. The first kappa shape index (κ1) is 10.8. The largest absolute Gasteiger partial charge is 0.467 e. The van der Waals surface area contributed by atoms with E-state index in [2.05, 4.69) is 21.4 Å². The maximum atomic E-state index is 5.33. The molecule has 1 aromatic rings. The summed E-state index contributed by atoms with van der Waals surface area (Å²) in [6, 6.07) is 1.86. The van der Waals surface area contributed by atoms with Crippen LogP contribution in [0.25, 0.3) is 0 Å². The molecule has 1 rings (SSSR count). The fraction of sp³-hybridized carbons (Fsp3) is 0.556. The van der Waals surface area contributed by atoms with E-state index >= 15 is 0 Å². The summed E-state index contributed by atoms with van der Waals surface area (Å²) < 4.78 is 6.15. The van der Waals surface area contributed by atoms with Gasteiger partial charge in [0.15, 0.2) is 0 Å². The van der Waals surface area contributed by atoms with Crippen LogP contribution >= 0.6 is 15.9 Å². The van der Waals surface area contributed by atoms with Gasteiger partial charge in [-0.25, -0.2) is 0 Å². The Morgan fingerprint density at radius 1 is 1.54 bits per heavy atom. The first-order chi connectivity index (χ1) is 5.99. The van der Waals surface area contributed by atoms with Crippen molar-refractivity contribution >= 4 is 15.9 Å². The summed E-state index contributed by atoms with van der Waals surface area (Å²) in [5.41, 5.74) is 2.66. The summed E-state index contributed by atoms with van der Waals surface area (Å²) in [6.07, 6.45) is 1.64. The minimum Gasteiger partial charge on any atom is -0.467 e. The molecule has 0 radical (unpaired) electrons. The van der Waals surface area contributed by atoms with Crippen LogP contribution in [0.2, 0.25) is 0 Å². The highest BCUT2D eigenvalue weighted by Crippen LogP contribution is 2.17. The lowest BCUT2D eigenvalue weighted by atomic mass is 10.2. The quantitative estimate of drug-likeness (QED) is 0.835. The normalized spacial score (nSPS) is 12.0. The van der Waals surface area contributed by atoms with Crippen molar-refractivity contribution in [2.75, 3.05) is 0 Å². The molecule has 4 heteroatoms. The molecular weight excluding hydrogens is 234 g/mol. The summed E-state index contributed by atoms with van der Waals surface area (Å²) >= 11 is 3.36. The van der Waals surface area contributed by atoms with Crippen LogP contribution < -0.4 is 5.48 Å². The molecular formula is C9H14BrNO2. The number of rotatable bonds is 3. The Balaban J connectivity index is 2.32. The van der Waals surface area contributed by atoms with Gasteiger partial charge in [-0.3, -0.25) is 4.84 Å². The highest BCUT2D eigenvalue weighted by atomic mass is 79.9. The van der Waals surface area contributed by atoms with E-state index in [1.54, 1.807) is 6.26 Å². The van der Waals surface area contributed by atoms with Gasteiger partial charge in [0, 0.05) is 0 Å². The van der Waals surface area contributed by atoms with Crippen molar-refractivity contribution in [3.63, 3.8) is 0 Å². The molecule has 0 saturated carbocycles. The van der Waals surface area contributed by atoms with E-state index < -0.39 is 0 Å². The number of hydrogen-bond donors (Lipinski definition) is 1. The number of hydroxylamine groups is 1. The van der Waals surface area contributed by atoms with Crippen LogP contribution in [0.15, 0.2) is 21.2 Å². The molecule has 0 amide bonds. The van der Waals surface area contributed by atoms with Gasteiger partial charge in [-0.2, -0.15) is 5.48 Å². The van der Waals surface area contributed by atoms with E-state index in [-0.39, 0.29) is 5.60 Å². The maximum Gasteiger partial charge on any atom is 0.134 e. The maximum absolute atomic E-state index is 5.33. The lowest BCUT2D eigenvalue weighted by molar-refractivity contribution is -0.0776. The van der Waals surface area contributed by atoms with E-state index in [1.807, 2.05) is 26.8 Å². The van der Waals surface area contributed by atoms with E-state index in [4.69, 9.17) is 9.25 Å². The minimum atomic E-state index is -0.181. The van der Waals surface area contributed by atoms with Crippen molar-refractivity contribution < 1.29 is 9.25 Å². The van der Waals surface area contributed by atoms with Crippen LogP contribution in [0.3, 0.4) is 0 Å². The van der Waals surface area contributed by atoms with Gasteiger partial charge in [0.2, 0.25) is 0 Å². The van der Waals surface area contributed by atoms with Gasteiger partial charge >= 0.3 is 0 Å². The van der Waals surface area contributed by atoms with Crippen LogP contribution in [-0.2, 0) is 11.4 Å². The molecule has 0 aliphatic rings. The van der Waals surface area contributed by atoms with Crippen molar-refractivity contribution in [3.8, 4) is 0 Å². The second-order valence-electron chi connectivity index (χ2n) is 3.73. The topological polar surface area (TPSA) is 34.4 Å². The van der Waals surface area contributed by atoms with Gasteiger partial charge < -0.3 is 4.42 Å². The molecule has 0 aliphatic heterocycles. The Kier molecular flexibility index (Phi) is 3.53. The molecule has 74 valence electrons. The molecule has 0 unspecified atom stereocenters. The molecule has 0 aliphatic carbocycles. The average molecular weight is 248 g/mol. The average Bonchev–Trinajstić information content (AvgIpc) is 2.34. The molecule has 0 aromatic carbocycles. The number of halogens is 1. The van der Waals surface area contributed by atoms with Crippen LogP contribution in [0.4, 0.5) is 0 Å². The summed E-state index contributed by atoms with van der Waals surface area (Å²) in [7, 11) is 0. The van der Waals surface area contributed by atoms with Gasteiger partial charge in [0.05, 0.1) is 22.9 Å². The van der Waals surface area contributed by atoms with Gasteiger partial charge in [0.25, 0.3) is 0 Å². The third-order valence-electron chi connectivity index (χ3n) is 1.30. The van der Waals surface area contributed by atoms with Gasteiger partial charge in [-0.15, -0.1) is 0 Å². The monoisotopic (exact) mass is 247 g/mol. The third-order valence-corrected chi connectivity index (χ3v) is 2.01. The second-order valence-corrected chi connectivity index (χ2v) is 4.58. The van der Waals surface area contributed by atoms with E-state index in [0.29, 0.717) is 6.54 Å². The highest BCUT2D eigenvalue weighted by Gasteiger charge is 2.11. The first-order valence-corrected chi connectivity index (χ1v) is 4.91. The summed E-state index contributed by atoms with van der Waals surface area (Å²) in [6.45, 7) is 6.51. The number of nitrogens with one attached hydrogen (secondary N) is 1. The van der Waals surface area contributed by atoms with Gasteiger partial charge in [0.1, 0.15) is 5.76 Å². The van der Waals surface area contributed by atoms with Crippen molar-refractivity contribution in [2.45, 2.75) is 32.9 Å². The zero-order valence-electron chi connectivity index (χ0n) is 8.06.